The van der Waals surface area contributed by atoms with Gasteiger partial charge in [-0.05, 0) is 75.4 Å². The largest absolute Gasteiger partial charge is 0.381 e. The van der Waals surface area contributed by atoms with E-state index >= 15 is 0 Å². The third-order valence-electron chi connectivity index (χ3n) is 6.08. The lowest BCUT2D eigenvalue weighted by Gasteiger charge is -2.31. The molecule has 0 unspecified atom stereocenters. The molecule has 28 heavy (non-hydrogen) atoms. The minimum Gasteiger partial charge on any atom is -0.381 e. The molecular formula is C22H38N4OS. The zero-order valence-corrected chi connectivity index (χ0v) is 18.6. The SMILES string of the molecule is CCNC(=NCC1CCN(Cc2cccs2)CC1)N(C)CCC1CCOCC1. The van der Waals surface area contributed by atoms with E-state index in [0.717, 1.165) is 57.2 Å². The van der Waals surface area contributed by atoms with Crippen molar-refractivity contribution in [2.24, 2.45) is 16.8 Å². The van der Waals surface area contributed by atoms with Crippen molar-refractivity contribution in [2.45, 2.75) is 45.6 Å². The molecule has 0 aromatic carbocycles. The number of nitrogens with one attached hydrogen (secondary N) is 1. The summed E-state index contributed by atoms with van der Waals surface area (Å²) in [5, 5.41) is 5.67. The predicted molar refractivity (Wildman–Crippen MR) is 119 cm³/mol. The van der Waals surface area contributed by atoms with Crippen molar-refractivity contribution in [2.75, 3.05) is 53.0 Å². The van der Waals surface area contributed by atoms with Crippen molar-refractivity contribution in [3.05, 3.63) is 22.4 Å². The Kier molecular flexibility index (Phi) is 9.09. The average molecular weight is 407 g/mol. The molecule has 3 rings (SSSR count). The molecule has 0 spiro atoms. The van der Waals surface area contributed by atoms with E-state index in [2.05, 4.69) is 46.6 Å². The normalized spacial score (nSPS) is 20.4. The molecule has 0 saturated carbocycles. The number of aliphatic imine (C=N–C) groups is 1. The first-order valence-electron chi connectivity index (χ1n) is 11.1. The molecule has 0 atom stereocenters. The molecule has 158 valence electrons. The van der Waals surface area contributed by atoms with E-state index in [9.17, 15) is 0 Å². The third-order valence-corrected chi connectivity index (χ3v) is 6.94. The number of hydrogen-bond acceptors (Lipinski definition) is 4. The highest BCUT2D eigenvalue weighted by Gasteiger charge is 2.20. The van der Waals surface area contributed by atoms with Crippen LogP contribution < -0.4 is 5.32 Å². The number of hydrogen-bond donors (Lipinski definition) is 1. The molecule has 1 aromatic heterocycles. The second-order valence-corrected chi connectivity index (χ2v) is 9.29. The van der Waals surface area contributed by atoms with Gasteiger partial charge >= 0.3 is 0 Å². The van der Waals surface area contributed by atoms with Crippen LogP contribution in [0.1, 0.15) is 43.9 Å². The summed E-state index contributed by atoms with van der Waals surface area (Å²) in [5.74, 6) is 2.61. The number of piperidine rings is 1. The van der Waals surface area contributed by atoms with Gasteiger partial charge in [-0.15, -0.1) is 11.3 Å². The Morgan fingerprint density at radius 1 is 1.25 bits per heavy atom. The number of ether oxygens (including phenoxy) is 1. The average Bonchev–Trinajstić information content (AvgIpc) is 3.24. The lowest BCUT2D eigenvalue weighted by Crippen LogP contribution is -2.41. The van der Waals surface area contributed by atoms with E-state index in [1.54, 1.807) is 0 Å². The molecule has 0 radical (unpaired) electrons. The Labute approximate surface area is 175 Å². The first kappa shape index (κ1) is 21.6. The van der Waals surface area contributed by atoms with Crippen LogP contribution in [0.2, 0.25) is 0 Å². The summed E-state index contributed by atoms with van der Waals surface area (Å²) in [6.07, 6.45) is 6.20. The van der Waals surface area contributed by atoms with Gasteiger partial charge in [0.15, 0.2) is 5.96 Å². The standard InChI is InChI=1S/C22H38N4OS/c1-3-23-22(25(2)11-6-19-9-14-27-15-10-19)24-17-20-7-12-26(13-8-20)18-21-5-4-16-28-21/h4-5,16,19-20H,3,6-15,17-18H2,1-2H3,(H,23,24). The van der Waals surface area contributed by atoms with Crippen LogP contribution in [-0.2, 0) is 11.3 Å². The van der Waals surface area contributed by atoms with Crippen molar-refractivity contribution in [1.29, 1.82) is 0 Å². The highest BCUT2D eigenvalue weighted by Crippen LogP contribution is 2.21. The van der Waals surface area contributed by atoms with Crippen molar-refractivity contribution in [3.63, 3.8) is 0 Å². The summed E-state index contributed by atoms with van der Waals surface area (Å²) >= 11 is 1.87. The lowest BCUT2D eigenvalue weighted by atomic mass is 9.96. The van der Waals surface area contributed by atoms with Crippen LogP contribution >= 0.6 is 11.3 Å². The summed E-state index contributed by atoms with van der Waals surface area (Å²) < 4.78 is 5.48. The summed E-state index contributed by atoms with van der Waals surface area (Å²) in [5.41, 5.74) is 0. The Morgan fingerprint density at radius 2 is 2.04 bits per heavy atom. The molecule has 0 bridgehead atoms. The van der Waals surface area contributed by atoms with Gasteiger partial charge in [0.25, 0.3) is 0 Å². The fourth-order valence-electron chi connectivity index (χ4n) is 4.15. The van der Waals surface area contributed by atoms with Crippen LogP contribution in [-0.4, -0.2) is 68.7 Å². The van der Waals surface area contributed by atoms with Crippen LogP contribution in [0.5, 0.6) is 0 Å². The van der Waals surface area contributed by atoms with Crippen molar-refractivity contribution in [3.8, 4) is 0 Å². The Balaban J connectivity index is 1.40. The maximum absolute atomic E-state index is 5.48. The van der Waals surface area contributed by atoms with Gasteiger partial charge in [-0.25, -0.2) is 0 Å². The van der Waals surface area contributed by atoms with Gasteiger partial charge < -0.3 is 15.0 Å². The molecule has 2 aliphatic rings. The fourth-order valence-corrected chi connectivity index (χ4v) is 4.90. The number of likely N-dealkylation sites (tertiary alicyclic amines) is 1. The zero-order chi connectivity index (χ0) is 19.6. The first-order chi connectivity index (χ1) is 13.7. The molecule has 5 nitrogen and oxygen atoms in total. The number of nitrogens with zero attached hydrogens (tertiary/aromatic N) is 3. The molecule has 1 aromatic rings. The van der Waals surface area contributed by atoms with Gasteiger partial charge in [0.2, 0.25) is 0 Å². The van der Waals surface area contributed by atoms with E-state index in [-0.39, 0.29) is 0 Å². The van der Waals surface area contributed by atoms with Crippen LogP contribution in [0.3, 0.4) is 0 Å². The predicted octanol–water partition coefficient (Wildman–Crippen LogP) is 3.67. The Morgan fingerprint density at radius 3 is 2.71 bits per heavy atom. The third kappa shape index (κ3) is 7.05. The quantitative estimate of drug-likeness (QED) is 0.528. The number of rotatable bonds is 8. The first-order valence-corrected chi connectivity index (χ1v) is 11.9. The van der Waals surface area contributed by atoms with Gasteiger partial charge in [-0.3, -0.25) is 9.89 Å². The molecule has 0 aliphatic carbocycles. The summed E-state index contributed by atoms with van der Waals surface area (Å²) in [7, 11) is 2.18. The van der Waals surface area contributed by atoms with E-state index in [0.29, 0.717) is 0 Å². The van der Waals surface area contributed by atoms with Gasteiger partial charge in [0, 0.05) is 51.3 Å². The van der Waals surface area contributed by atoms with Gasteiger partial charge in [0.1, 0.15) is 0 Å². The molecule has 0 amide bonds. The van der Waals surface area contributed by atoms with E-state index in [1.165, 1.54) is 50.1 Å². The van der Waals surface area contributed by atoms with Gasteiger partial charge in [0.05, 0.1) is 0 Å². The van der Waals surface area contributed by atoms with E-state index in [1.807, 2.05) is 11.3 Å². The molecule has 6 heteroatoms. The van der Waals surface area contributed by atoms with Gasteiger partial charge in [-0.2, -0.15) is 0 Å². The monoisotopic (exact) mass is 406 g/mol. The maximum Gasteiger partial charge on any atom is 0.193 e. The minimum atomic E-state index is 0.720. The van der Waals surface area contributed by atoms with Gasteiger partial charge in [-0.1, -0.05) is 6.07 Å². The molecule has 2 saturated heterocycles. The second kappa shape index (κ2) is 11.8. The summed E-state index contributed by atoms with van der Waals surface area (Å²) in [6.45, 7) is 10.5. The molecular weight excluding hydrogens is 368 g/mol. The molecule has 3 heterocycles. The number of thiophene rings is 1. The van der Waals surface area contributed by atoms with Crippen LogP contribution in [0.15, 0.2) is 22.5 Å². The van der Waals surface area contributed by atoms with Crippen LogP contribution in [0.25, 0.3) is 0 Å². The van der Waals surface area contributed by atoms with Crippen molar-refractivity contribution < 1.29 is 4.74 Å². The fraction of sp³-hybridized carbons (Fsp3) is 0.773. The zero-order valence-electron chi connectivity index (χ0n) is 17.7. The van der Waals surface area contributed by atoms with Crippen LogP contribution in [0.4, 0.5) is 0 Å². The maximum atomic E-state index is 5.48. The molecule has 1 N–H and O–H groups in total. The smallest absolute Gasteiger partial charge is 0.193 e. The second-order valence-electron chi connectivity index (χ2n) is 8.26. The van der Waals surface area contributed by atoms with Crippen molar-refractivity contribution >= 4 is 17.3 Å². The number of guanidine groups is 1. The minimum absolute atomic E-state index is 0.720. The summed E-state index contributed by atoms with van der Waals surface area (Å²) in [4.78, 5) is 11.4. The lowest BCUT2D eigenvalue weighted by molar-refractivity contribution is 0.0625. The highest BCUT2D eigenvalue weighted by molar-refractivity contribution is 7.09. The Hall–Kier alpha value is -1.11. The van der Waals surface area contributed by atoms with Crippen LogP contribution in [0, 0.1) is 11.8 Å². The molecule has 2 aliphatic heterocycles. The van der Waals surface area contributed by atoms with E-state index < -0.39 is 0 Å². The van der Waals surface area contributed by atoms with Crippen molar-refractivity contribution in [1.82, 2.24) is 15.1 Å². The van der Waals surface area contributed by atoms with E-state index in [4.69, 9.17) is 9.73 Å². The highest BCUT2D eigenvalue weighted by atomic mass is 32.1. The molecule has 2 fully saturated rings. The Bertz CT molecular complexity index is 563. The topological polar surface area (TPSA) is 40.1 Å². The summed E-state index contributed by atoms with van der Waals surface area (Å²) in [6, 6.07) is 4.40.